The van der Waals surface area contributed by atoms with E-state index in [-0.39, 0.29) is 5.78 Å². The Kier molecular flexibility index (Phi) is 2.79. The molecule has 0 atom stereocenters. The number of ketones is 1. The molecule has 0 bridgehead atoms. The first-order valence-electron chi connectivity index (χ1n) is 5.78. The van der Waals surface area contributed by atoms with Crippen LogP contribution in [0.5, 0.6) is 0 Å². The molecule has 0 spiro atoms. The first-order valence-corrected chi connectivity index (χ1v) is 5.78. The third kappa shape index (κ3) is 1.87. The fourth-order valence-electron chi connectivity index (χ4n) is 2.00. The highest BCUT2D eigenvalue weighted by molar-refractivity contribution is 6.13. The first kappa shape index (κ1) is 11.9. The van der Waals surface area contributed by atoms with Gasteiger partial charge in [-0.2, -0.15) is 0 Å². The third-order valence-corrected chi connectivity index (χ3v) is 3.31. The van der Waals surface area contributed by atoms with Gasteiger partial charge in [-0.3, -0.25) is 4.79 Å². The van der Waals surface area contributed by atoms with E-state index >= 15 is 0 Å². The van der Waals surface area contributed by atoms with Crippen molar-refractivity contribution in [2.24, 2.45) is 0 Å². The molecule has 90 valence electrons. The van der Waals surface area contributed by atoms with Crippen LogP contribution in [0.4, 0.5) is 0 Å². The largest absolute Gasteiger partial charge is 0.358 e. The van der Waals surface area contributed by atoms with Crippen LogP contribution in [0.3, 0.4) is 0 Å². The zero-order chi connectivity index (χ0) is 12.6. The number of fused-ring (bicyclic) bond motifs is 1. The summed E-state index contributed by atoms with van der Waals surface area (Å²) >= 11 is 0. The standard InChI is InChI=1S/C14H18N2O/c1-9-12(13(17)14(2,3)15-4)10-7-5-6-8-11(10)16-9/h5-8,15-16H,1-4H3. The van der Waals surface area contributed by atoms with Crippen molar-refractivity contribution in [2.75, 3.05) is 7.05 Å². The Morgan fingerprint density at radius 3 is 2.59 bits per heavy atom. The lowest BCUT2D eigenvalue weighted by Gasteiger charge is -2.22. The molecular weight excluding hydrogens is 212 g/mol. The van der Waals surface area contributed by atoms with Crippen LogP contribution in [-0.2, 0) is 0 Å². The predicted molar refractivity (Wildman–Crippen MR) is 70.5 cm³/mol. The molecule has 1 aromatic heterocycles. The van der Waals surface area contributed by atoms with Gasteiger partial charge in [0.15, 0.2) is 5.78 Å². The van der Waals surface area contributed by atoms with Gasteiger partial charge in [0.25, 0.3) is 0 Å². The van der Waals surface area contributed by atoms with E-state index in [2.05, 4.69) is 10.3 Å². The fraction of sp³-hybridized carbons (Fsp3) is 0.357. The van der Waals surface area contributed by atoms with Crippen LogP contribution in [0, 0.1) is 6.92 Å². The SMILES string of the molecule is CNC(C)(C)C(=O)c1c(C)[nH]c2ccccc12. The molecule has 0 fully saturated rings. The summed E-state index contributed by atoms with van der Waals surface area (Å²) in [6.45, 7) is 5.74. The van der Waals surface area contributed by atoms with Crippen LogP contribution < -0.4 is 5.32 Å². The number of benzene rings is 1. The van der Waals surface area contributed by atoms with Gasteiger partial charge < -0.3 is 10.3 Å². The van der Waals surface area contributed by atoms with Gasteiger partial charge in [-0.25, -0.2) is 0 Å². The lowest BCUT2D eigenvalue weighted by atomic mass is 9.91. The lowest BCUT2D eigenvalue weighted by Crippen LogP contribution is -2.44. The Morgan fingerprint density at radius 2 is 1.94 bits per heavy atom. The zero-order valence-corrected chi connectivity index (χ0v) is 10.7. The Labute approximate surface area is 101 Å². The molecule has 2 aromatic rings. The number of carbonyl (C=O) groups is 1. The molecule has 0 amide bonds. The van der Waals surface area contributed by atoms with Crippen molar-refractivity contribution in [3.05, 3.63) is 35.5 Å². The Balaban J connectivity index is 2.63. The summed E-state index contributed by atoms with van der Waals surface area (Å²) in [5.74, 6) is 0.120. The number of aromatic amines is 1. The molecule has 0 aliphatic heterocycles. The molecule has 0 aliphatic rings. The average molecular weight is 230 g/mol. The molecule has 1 aromatic carbocycles. The normalized spacial score (nSPS) is 12.0. The van der Waals surface area contributed by atoms with Crippen molar-refractivity contribution < 1.29 is 4.79 Å². The van der Waals surface area contributed by atoms with Crippen LogP contribution >= 0.6 is 0 Å². The van der Waals surface area contributed by atoms with Gasteiger partial charge in [-0.05, 0) is 33.9 Å². The topological polar surface area (TPSA) is 44.9 Å². The van der Waals surface area contributed by atoms with Gasteiger partial charge in [0.1, 0.15) is 0 Å². The number of aromatic nitrogens is 1. The average Bonchev–Trinajstić information content (AvgIpc) is 2.64. The number of Topliss-reactive ketones (excluding diaryl/α,β-unsaturated/α-hetero) is 1. The van der Waals surface area contributed by atoms with Gasteiger partial charge in [0.05, 0.1) is 5.54 Å². The lowest BCUT2D eigenvalue weighted by molar-refractivity contribution is 0.0890. The highest BCUT2D eigenvalue weighted by Gasteiger charge is 2.29. The van der Waals surface area contributed by atoms with E-state index in [1.54, 1.807) is 0 Å². The van der Waals surface area contributed by atoms with E-state index in [9.17, 15) is 4.79 Å². The third-order valence-electron chi connectivity index (χ3n) is 3.31. The quantitative estimate of drug-likeness (QED) is 0.796. The molecule has 0 unspecified atom stereocenters. The molecule has 17 heavy (non-hydrogen) atoms. The number of rotatable bonds is 3. The van der Waals surface area contributed by atoms with Crippen LogP contribution in [0.25, 0.3) is 10.9 Å². The first-order chi connectivity index (χ1) is 7.97. The van der Waals surface area contributed by atoms with Gasteiger partial charge in [0.2, 0.25) is 0 Å². The fourth-order valence-corrected chi connectivity index (χ4v) is 2.00. The Hall–Kier alpha value is -1.61. The monoisotopic (exact) mass is 230 g/mol. The summed E-state index contributed by atoms with van der Waals surface area (Å²) in [6.07, 6.45) is 0. The molecule has 0 saturated carbocycles. The summed E-state index contributed by atoms with van der Waals surface area (Å²) in [5.41, 5.74) is 2.19. The highest BCUT2D eigenvalue weighted by atomic mass is 16.1. The van der Waals surface area contributed by atoms with E-state index in [4.69, 9.17) is 0 Å². The number of carbonyl (C=O) groups excluding carboxylic acids is 1. The molecular formula is C14H18N2O. The molecule has 0 saturated heterocycles. The summed E-state index contributed by atoms with van der Waals surface area (Å²) < 4.78 is 0. The van der Waals surface area contributed by atoms with E-state index in [1.807, 2.05) is 52.1 Å². The minimum atomic E-state index is -0.546. The van der Waals surface area contributed by atoms with Crippen LogP contribution in [-0.4, -0.2) is 23.4 Å². The second-order valence-electron chi connectivity index (χ2n) is 4.87. The summed E-state index contributed by atoms with van der Waals surface area (Å²) in [4.78, 5) is 15.8. The Bertz CT molecular complexity index is 567. The second-order valence-corrected chi connectivity index (χ2v) is 4.87. The minimum Gasteiger partial charge on any atom is -0.358 e. The van der Waals surface area contributed by atoms with E-state index in [0.717, 1.165) is 22.2 Å². The second kappa shape index (κ2) is 4.00. The number of aryl methyl sites for hydroxylation is 1. The summed E-state index contributed by atoms with van der Waals surface area (Å²) in [5, 5.41) is 4.06. The van der Waals surface area contributed by atoms with E-state index in [0.29, 0.717) is 0 Å². The van der Waals surface area contributed by atoms with Crippen LogP contribution in [0.1, 0.15) is 29.9 Å². The van der Waals surface area contributed by atoms with Crippen molar-refractivity contribution in [3.63, 3.8) is 0 Å². The molecule has 2 N–H and O–H groups in total. The molecule has 3 heteroatoms. The molecule has 0 aliphatic carbocycles. The van der Waals surface area contributed by atoms with Crippen LogP contribution in [0.2, 0.25) is 0 Å². The number of likely N-dealkylation sites (N-methyl/N-ethyl adjacent to an activating group) is 1. The predicted octanol–water partition coefficient (Wildman–Crippen LogP) is 2.66. The maximum Gasteiger partial charge on any atom is 0.184 e. The van der Waals surface area contributed by atoms with Crippen molar-refractivity contribution in [1.29, 1.82) is 0 Å². The number of hydrogen-bond donors (Lipinski definition) is 2. The number of para-hydroxylation sites is 1. The maximum absolute atomic E-state index is 12.5. The van der Waals surface area contributed by atoms with Crippen molar-refractivity contribution in [1.82, 2.24) is 10.3 Å². The maximum atomic E-state index is 12.5. The van der Waals surface area contributed by atoms with Crippen molar-refractivity contribution in [3.8, 4) is 0 Å². The number of nitrogens with one attached hydrogen (secondary N) is 2. The van der Waals surface area contributed by atoms with Crippen LogP contribution in [0.15, 0.2) is 24.3 Å². The smallest absolute Gasteiger partial charge is 0.184 e. The molecule has 2 rings (SSSR count). The van der Waals surface area contributed by atoms with Crippen molar-refractivity contribution in [2.45, 2.75) is 26.3 Å². The van der Waals surface area contributed by atoms with E-state index in [1.165, 1.54) is 0 Å². The number of hydrogen-bond acceptors (Lipinski definition) is 2. The Morgan fingerprint density at radius 1 is 1.29 bits per heavy atom. The molecule has 3 nitrogen and oxygen atoms in total. The van der Waals surface area contributed by atoms with E-state index < -0.39 is 5.54 Å². The minimum absolute atomic E-state index is 0.120. The van der Waals surface area contributed by atoms with Gasteiger partial charge >= 0.3 is 0 Å². The van der Waals surface area contributed by atoms with Gasteiger partial charge in [-0.15, -0.1) is 0 Å². The molecule has 1 heterocycles. The molecule has 0 radical (unpaired) electrons. The van der Waals surface area contributed by atoms with Crippen molar-refractivity contribution >= 4 is 16.7 Å². The van der Waals surface area contributed by atoms with Gasteiger partial charge in [0, 0.05) is 22.2 Å². The van der Waals surface area contributed by atoms with Gasteiger partial charge in [-0.1, -0.05) is 18.2 Å². The summed E-state index contributed by atoms with van der Waals surface area (Å²) in [6, 6.07) is 7.90. The summed E-state index contributed by atoms with van der Waals surface area (Å²) in [7, 11) is 1.81. The zero-order valence-electron chi connectivity index (χ0n) is 10.7. The number of H-pyrrole nitrogens is 1. The highest BCUT2D eigenvalue weighted by Crippen LogP contribution is 2.25.